The van der Waals surface area contributed by atoms with Crippen molar-refractivity contribution in [2.24, 2.45) is 0 Å². The Hall–Kier alpha value is -2.07. The highest BCUT2D eigenvalue weighted by atomic mass is 16.5. The molecular weight excluding hydrogens is 232 g/mol. The van der Waals surface area contributed by atoms with Gasteiger partial charge in [0.05, 0.1) is 7.11 Å². The summed E-state index contributed by atoms with van der Waals surface area (Å²) in [4.78, 5) is 11.2. The second-order valence-electron chi connectivity index (χ2n) is 4.24. The smallest absolute Gasteiger partial charge is 0.340 e. The van der Waals surface area contributed by atoms with Crippen LogP contribution in [0.1, 0.15) is 12.5 Å². The molecule has 0 aromatic heterocycles. The Morgan fingerprint density at radius 1 is 1.22 bits per heavy atom. The lowest BCUT2D eigenvalue weighted by Gasteiger charge is -2.23. The molecule has 0 saturated heterocycles. The van der Waals surface area contributed by atoms with Crippen molar-refractivity contribution in [3.05, 3.63) is 42.0 Å². The summed E-state index contributed by atoms with van der Waals surface area (Å²) in [6.07, 6.45) is 0. The Labute approximate surface area is 104 Å². The molecule has 1 atom stereocenters. The highest BCUT2D eigenvalue weighted by molar-refractivity contribution is 5.93. The minimum atomic E-state index is -1.99. The third kappa shape index (κ3) is 1.80. The monoisotopic (exact) mass is 246 g/mol. The molecule has 2 aromatic carbocycles. The number of carboxylic acids is 1. The summed E-state index contributed by atoms with van der Waals surface area (Å²) in [6, 6.07) is 10.8. The molecular formula is C14H14O4. The Bertz CT molecular complexity index is 602. The molecule has 0 bridgehead atoms. The fraction of sp³-hybridized carbons (Fsp3) is 0.214. The van der Waals surface area contributed by atoms with Crippen LogP contribution in [0.3, 0.4) is 0 Å². The number of hydrogen-bond donors (Lipinski definition) is 2. The predicted molar refractivity (Wildman–Crippen MR) is 67.7 cm³/mol. The molecule has 2 aromatic rings. The number of carboxylic acid groups (broad SMARTS) is 1. The van der Waals surface area contributed by atoms with Gasteiger partial charge >= 0.3 is 5.97 Å². The van der Waals surface area contributed by atoms with Crippen molar-refractivity contribution in [1.29, 1.82) is 0 Å². The molecule has 0 aliphatic heterocycles. The lowest BCUT2D eigenvalue weighted by Crippen LogP contribution is -2.32. The van der Waals surface area contributed by atoms with Crippen molar-refractivity contribution < 1.29 is 19.7 Å². The number of ether oxygens (including phenoxy) is 1. The van der Waals surface area contributed by atoms with Crippen molar-refractivity contribution in [3.63, 3.8) is 0 Å². The van der Waals surface area contributed by atoms with Gasteiger partial charge in [0.1, 0.15) is 5.75 Å². The van der Waals surface area contributed by atoms with E-state index >= 15 is 0 Å². The van der Waals surface area contributed by atoms with Gasteiger partial charge in [-0.3, -0.25) is 0 Å². The quantitative estimate of drug-likeness (QED) is 0.870. The summed E-state index contributed by atoms with van der Waals surface area (Å²) in [6.45, 7) is 1.25. The van der Waals surface area contributed by atoms with Crippen LogP contribution in [0.15, 0.2) is 36.4 Å². The van der Waals surface area contributed by atoms with E-state index in [9.17, 15) is 9.90 Å². The number of rotatable bonds is 3. The van der Waals surface area contributed by atoms with Crippen LogP contribution in [0.4, 0.5) is 0 Å². The fourth-order valence-corrected chi connectivity index (χ4v) is 2.03. The molecule has 0 saturated carbocycles. The van der Waals surface area contributed by atoms with E-state index in [-0.39, 0.29) is 5.56 Å². The number of fused-ring (bicyclic) bond motifs is 1. The lowest BCUT2D eigenvalue weighted by molar-refractivity contribution is -0.157. The molecule has 2 rings (SSSR count). The van der Waals surface area contributed by atoms with Crippen LogP contribution < -0.4 is 4.74 Å². The maximum Gasteiger partial charge on any atom is 0.340 e. The summed E-state index contributed by atoms with van der Waals surface area (Å²) in [5.41, 5.74) is -1.72. The van der Waals surface area contributed by atoms with Gasteiger partial charge in [-0.05, 0) is 23.8 Å². The zero-order valence-corrected chi connectivity index (χ0v) is 10.2. The number of carbonyl (C=O) groups is 1. The van der Waals surface area contributed by atoms with E-state index in [4.69, 9.17) is 9.84 Å². The first kappa shape index (κ1) is 12.4. The molecule has 94 valence electrons. The summed E-state index contributed by atoms with van der Waals surface area (Å²) in [5.74, 6) is -0.946. The molecule has 4 heteroatoms. The maximum atomic E-state index is 11.2. The summed E-state index contributed by atoms with van der Waals surface area (Å²) >= 11 is 0. The highest BCUT2D eigenvalue weighted by Crippen LogP contribution is 2.36. The zero-order valence-electron chi connectivity index (χ0n) is 10.2. The molecule has 0 fully saturated rings. The van der Waals surface area contributed by atoms with Crippen molar-refractivity contribution in [1.82, 2.24) is 0 Å². The van der Waals surface area contributed by atoms with Crippen molar-refractivity contribution in [2.45, 2.75) is 12.5 Å². The normalized spacial score (nSPS) is 14.2. The van der Waals surface area contributed by atoms with Gasteiger partial charge < -0.3 is 14.9 Å². The number of aliphatic hydroxyl groups is 1. The van der Waals surface area contributed by atoms with E-state index in [0.29, 0.717) is 11.1 Å². The number of hydrogen-bond acceptors (Lipinski definition) is 3. The van der Waals surface area contributed by atoms with Gasteiger partial charge in [-0.25, -0.2) is 4.79 Å². The van der Waals surface area contributed by atoms with Crippen LogP contribution >= 0.6 is 0 Å². The highest BCUT2D eigenvalue weighted by Gasteiger charge is 2.36. The minimum Gasteiger partial charge on any atom is -0.496 e. The standard InChI is InChI=1S/C14H14O4/c1-14(17,13(15)16)12-10-6-4-3-5-9(10)7-8-11(12)18-2/h3-8,17H,1-2H3,(H,15,16). The molecule has 0 radical (unpaired) electrons. The molecule has 0 amide bonds. The van der Waals surface area contributed by atoms with Crippen LogP contribution in [-0.2, 0) is 10.4 Å². The predicted octanol–water partition coefficient (Wildman–Crippen LogP) is 2.14. The molecule has 18 heavy (non-hydrogen) atoms. The van der Waals surface area contributed by atoms with E-state index < -0.39 is 11.6 Å². The van der Waals surface area contributed by atoms with Crippen LogP contribution in [-0.4, -0.2) is 23.3 Å². The molecule has 2 N–H and O–H groups in total. The fourth-order valence-electron chi connectivity index (χ4n) is 2.03. The Kier molecular flexibility index (Phi) is 2.97. The van der Waals surface area contributed by atoms with Crippen LogP contribution in [0.5, 0.6) is 5.75 Å². The summed E-state index contributed by atoms with van der Waals surface area (Å²) in [7, 11) is 1.45. The van der Waals surface area contributed by atoms with E-state index in [2.05, 4.69) is 0 Å². The molecule has 0 heterocycles. The largest absolute Gasteiger partial charge is 0.496 e. The maximum absolute atomic E-state index is 11.2. The van der Waals surface area contributed by atoms with E-state index in [1.165, 1.54) is 14.0 Å². The van der Waals surface area contributed by atoms with Crippen molar-refractivity contribution >= 4 is 16.7 Å². The second kappa shape index (κ2) is 4.31. The zero-order chi connectivity index (χ0) is 13.3. The summed E-state index contributed by atoms with van der Waals surface area (Å²) < 4.78 is 5.17. The van der Waals surface area contributed by atoms with Gasteiger partial charge in [-0.1, -0.05) is 30.3 Å². The van der Waals surface area contributed by atoms with Crippen molar-refractivity contribution in [2.75, 3.05) is 7.11 Å². The lowest BCUT2D eigenvalue weighted by atomic mass is 9.90. The Balaban J connectivity index is 2.85. The molecule has 0 aliphatic rings. The topological polar surface area (TPSA) is 66.8 Å². The Morgan fingerprint density at radius 2 is 1.89 bits per heavy atom. The first-order valence-electron chi connectivity index (χ1n) is 5.50. The van der Waals surface area contributed by atoms with Gasteiger partial charge in [-0.2, -0.15) is 0 Å². The van der Waals surface area contributed by atoms with E-state index in [1.54, 1.807) is 18.2 Å². The number of methoxy groups -OCH3 is 1. The average Bonchev–Trinajstić information content (AvgIpc) is 2.36. The van der Waals surface area contributed by atoms with Gasteiger partial charge in [0.15, 0.2) is 5.60 Å². The SMILES string of the molecule is COc1ccc2ccccc2c1C(C)(O)C(=O)O. The van der Waals surface area contributed by atoms with E-state index in [0.717, 1.165) is 5.39 Å². The number of aliphatic carboxylic acids is 1. The van der Waals surface area contributed by atoms with Gasteiger partial charge in [0.2, 0.25) is 0 Å². The van der Waals surface area contributed by atoms with Gasteiger partial charge in [-0.15, -0.1) is 0 Å². The van der Waals surface area contributed by atoms with E-state index in [1.807, 2.05) is 18.2 Å². The average molecular weight is 246 g/mol. The second-order valence-corrected chi connectivity index (χ2v) is 4.24. The van der Waals surface area contributed by atoms with Gasteiger partial charge in [0.25, 0.3) is 0 Å². The first-order chi connectivity index (χ1) is 8.48. The molecule has 0 aliphatic carbocycles. The van der Waals surface area contributed by atoms with Crippen LogP contribution in [0.2, 0.25) is 0 Å². The Morgan fingerprint density at radius 3 is 2.50 bits per heavy atom. The first-order valence-corrected chi connectivity index (χ1v) is 5.50. The van der Waals surface area contributed by atoms with Crippen LogP contribution in [0, 0.1) is 0 Å². The molecule has 1 unspecified atom stereocenters. The third-order valence-electron chi connectivity index (χ3n) is 3.01. The third-order valence-corrected chi connectivity index (χ3v) is 3.01. The minimum absolute atomic E-state index is 0.274. The molecule has 4 nitrogen and oxygen atoms in total. The molecule has 0 spiro atoms. The summed E-state index contributed by atoms with van der Waals surface area (Å²) in [5, 5.41) is 20.9. The van der Waals surface area contributed by atoms with Crippen LogP contribution in [0.25, 0.3) is 10.8 Å². The number of benzene rings is 2. The van der Waals surface area contributed by atoms with Gasteiger partial charge in [0, 0.05) is 5.56 Å². The van der Waals surface area contributed by atoms with Crippen molar-refractivity contribution in [3.8, 4) is 5.75 Å².